The van der Waals surface area contributed by atoms with Crippen LogP contribution in [0.15, 0.2) is 0 Å². The minimum Gasteiger partial charge on any atom is -0.481 e. The molecule has 0 spiro atoms. The van der Waals surface area contributed by atoms with E-state index in [-0.39, 0.29) is 185 Å². The third-order valence-electron chi connectivity index (χ3n) is 9.44. The van der Waals surface area contributed by atoms with Crippen molar-refractivity contribution in [3.63, 3.8) is 0 Å². The smallest absolute Gasteiger partial charge is 0.323 e. The standard InChI is InChI=1S/2C9H12O3.C8H11NO3.C6H10O3.C5H9NO3.C3H3Br.10H2S/c2*1-2-6-12-8-5-3-4-7(8)9(10)11;1-2-5-12-6-3-4-9-7(6)8(10)11;7-5-3-1-2-4(5)6(8)9;7-3-1-2-6-4(3)5(8)9;1-2-3-4;;;;;;;;;;/h2*1,7-8H,3-6H2,(H,10,11);1,6-7,9H,3-5H2,(H,10,11);4-5,7H,1-3H2,(H,8,9);3-4,6-7H,1-2H2,(H,8,9);1H,3H2;10*1H2/t2*7-,8-;6-,7-;4-,5-;3-,4-;;;;;;;;;;;/m00000.........../s1. The van der Waals surface area contributed by atoms with Gasteiger partial charge in [0.2, 0.25) is 0 Å². The highest BCUT2D eigenvalue weighted by atomic mass is 79.9. The lowest BCUT2D eigenvalue weighted by Gasteiger charge is -2.14. The van der Waals surface area contributed by atoms with Crippen molar-refractivity contribution < 1.29 is 73.9 Å². The van der Waals surface area contributed by atoms with Crippen molar-refractivity contribution in [1.82, 2.24) is 10.6 Å². The molecular formula is C40H77BrN2O15S10. The van der Waals surface area contributed by atoms with Gasteiger partial charge in [0.05, 0.1) is 53.6 Å². The monoisotopic (exact) mass is 1220 g/mol. The molecule has 28 heteroatoms. The first-order valence-corrected chi connectivity index (χ1v) is 19.8. The Labute approximate surface area is 480 Å². The van der Waals surface area contributed by atoms with Gasteiger partial charge < -0.3 is 60.6 Å². The van der Waals surface area contributed by atoms with E-state index < -0.39 is 60.1 Å². The second-order valence-corrected chi connectivity index (χ2v) is 13.9. The summed E-state index contributed by atoms with van der Waals surface area (Å²) >= 11 is 3.01. The molecule has 404 valence electrons. The van der Waals surface area contributed by atoms with Gasteiger partial charge in [-0.25, -0.2) is 0 Å². The molecule has 0 radical (unpaired) electrons. The summed E-state index contributed by atoms with van der Waals surface area (Å²) in [7, 11) is 0. The van der Waals surface area contributed by atoms with Crippen LogP contribution in [0.3, 0.4) is 0 Å². The highest BCUT2D eigenvalue weighted by Crippen LogP contribution is 2.29. The number of carboxylic acids is 5. The third kappa shape index (κ3) is 39.9. The van der Waals surface area contributed by atoms with Crippen LogP contribution in [-0.2, 0) is 38.2 Å². The summed E-state index contributed by atoms with van der Waals surface area (Å²) in [5.74, 6) is 3.89. The molecule has 9 N–H and O–H groups in total. The Hall–Kier alpha value is -0.710. The minimum atomic E-state index is -0.972. The number of carboxylic acid groups (broad SMARTS) is 5. The van der Waals surface area contributed by atoms with Crippen LogP contribution in [0.25, 0.3) is 0 Å². The fraction of sp³-hybridized carbons (Fsp3) is 0.675. The minimum absolute atomic E-state index is 0. The van der Waals surface area contributed by atoms with Crippen LogP contribution in [0.5, 0.6) is 0 Å². The summed E-state index contributed by atoms with van der Waals surface area (Å²) in [5, 5.41) is 67.0. The van der Waals surface area contributed by atoms with Crippen molar-refractivity contribution >= 4 is 181 Å². The molecule has 68 heavy (non-hydrogen) atoms. The molecule has 3 saturated carbocycles. The van der Waals surface area contributed by atoms with Crippen LogP contribution in [0, 0.1) is 67.1 Å². The van der Waals surface area contributed by atoms with Gasteiger partial charge in [-0.05, 0) is 83.7 Å². The van der Waals surface area contributed by atoms with Gasteiger partial charge in [0.15, 0.2) is 0 Å². The highest BCUT2D eigenvalue weighted by Gasteiger charge is 2.35. The lowest BCUT2D eigenvalue weighted by atomic mass is 10.1. The van der Waals surface area contributed by atoms with Gasteiger partial charge in [0.1, 0.15) is 31.9 Å². The maximum Gasteiger partial charge on any atom is 0.323 e. The van der Waals surface area contributed by atoms with Crippen molar-refractivity contribution in [3.8, 4) is 49.4 Å². The number of aliphatic carboxylic acids is 5. The van der Waals surface area contributed by atoms with Crippen molar-refractivity contribution in [2.75, 3.05) is 38.2 Å². The summed E-state index contributed by atoms with van der Waals surface area (Å²) in [6.45, 7) is 1.88. The molecule has 10 atom stereocenters. The maximum absolute atomic E-state index is 10.6. The van der Waals surface area contributed by atoms with E-state index in [9.17, 15) is 24.0 Å². The molecule has 5 aliphatic rings. The highest BCUT2D eigenvalue weighted by molar-refractivity contribution is 9.09. The van der Waals surface area contributed by atoms with Crippen LogP contribution in [0.4, 0.5) is 0 Å². The van der Waals surface area contributed by atoms with Gasteiger partial charge in [-0.3, -0.25) is 24.0 Å². The quantitative estimate of drug-likeness (QED) is 0.106. The van der Waals surface area contributed by atoms with Gasteiger partial charge >= 0.3 is 29.8 Å². The fourth-order valence-electron chi connectivity index (χ4n) is 6.56. The number of carbonyl (C=O) groups is 5. The fourth-order valence-corrected chi connectivity index (χ4v) is 6.56. The zero-order valence-corrected chi connectivity index (χ0v) is 49.0. The summed E-state index contributed by atoms with van der Waals surface area (Å²) < 4.78 is 15.6. The second kappa shape index (κ2) is 57.2. The lowest BCUT2D eigenvalue weighted by molar-refractivity contribution is -0.146. The van der Waals surface area contributed by atoms with E-state index in [0.29, 0.717) is 56.9 Å². The number of terminal acetylenes is 4. The summed E-state index contributed by atoms with van der Waals surface area (Å²) in [5.41, 5.74) is 0. The van der Waals surface area contributed by atoms with E-state index >= 15 is 0 Å². The number of hydrogen-bond donors (Lipinski definition) is 9. The molecule has 3 aliphatic carbocycles. The molecule has 0 aromatic carbocycles. The summed E-state index contributed by atoms with van der Waals surface area (Å²) in [4.78, 5) is 52.3. The van der Waals surface area contributed by atoms with Crippen LogP contribution >= 0.6 is 151 Å². The normalized spacial score (nSPS) is 24.5. The van der Waals surface area contributed by atoms with Gasteiger partial charge in [-0.15, -0.1) is 25.7 Å². The second-order valence-electron chi connectivity index (χ2n) is 13.4. The summed E-state index contributed by atoms with van der Waals surface area (Å²) in [6, 6.07) is -1.34. The Morgan fingerprint density at radius 3 is 1.01 bits per heavy atom. The molecule has 0 aromatic heterocycles. The molecule has 0 unspecified atom stereocenters. The molecule has 5 rings (SSSR count). The molecule has 0 amide bonds. The molecule has 0 aromatic rings. The molecular weight excluding hydrogens is 1150 g/mol. The van der Waals surface area contributed by atoms with Gasteiger partial charge in [-0.2, -0.15) is 135 Å². The molecule has 2 aliphatic heterocycles. The Morgan fingerprint density at radius 2 is 0.765 bits per heavy atom. The summed E-state index contributed by atoms with van der Waals surface area (Å²) in [6.07, 6.45) is 26.1. The van der Waals surface area contributed by atoms with Crippen LogP contribution in [0.2, 0.25) is 0 Å². The van der Waals surface area contributed by atoms with Gasteiger partial charge in [-0.1, -0.05) is 39.6 Å². The van der Waals surface area contributed by atoms with Crippen LogP contribution in [0.1, 0.15) is 70.6 Å². The molecule has 5 fully saturated rings. The zero-order valence-electron chi connectivity index (χ0n) is 37.4. The van der Waals surface area contributed by atoms with E-state index in [4.69, 9.17) is 75.6 Å². The SMILES string of the molecule is C#CCBr.C#CCO[C@H]1CCC[C@@H]1C(=O)O.C#CCO[C@H]1CCC[C@@H]1C(=O)O.C#CCO[C@H]1CCN[C@@H]1C(=O)O.O=C(O)[C@H]1CCC[C@@H]1O.O=C(O)[C@H]1NCC[C@@H]1O.S.S.S.S.S.S.S.S.S.S. The first-order chi connectivity index (χ1) is 27.6. The van der Waals surface area contributed by atoms with Gasteiger partial charge in [0, 0.05) is 0 Å². The Kier molecular flexibility index (Phi) is 78.5. The Morgan fingerprint density at radius 1 is 0.441 bits per heavy atom. The molecule has 2 heterocycles. The lowest BCUT2D eigenvalue weighted by Crippen LogP contribution is -2.39. The average molecular weight is 1230 g/mol. The molecule has 0 bridgehead atoms. The van der Waals surface area contributed by atoms with Crippen molar-refractivity contribution in [1.29, 1.82) is 0 Å². The topological polar surface area (TPSA) is 279 Å². The number of ether oxygens (including phenoxy) is 3. The van der Waals surface area contributed by atoms with Crippen molar-refractivity contribution in [2.45, 2.75) is 113 Å². The van der Waals surface area contributed by atoms with E-state index in [1.165, 1.54) is 0 Å². The number of nitrogens with one attached hydrogen (secondary N) is 2. The average Bonchev–Trinajstić information content (AvgIpc) is 4.04. The largest absolute Gasteiger partial charge is 0.481 e. The van der Waals surface area contributed by atoms with E-state index in [1.54, 1.807) is 0 Å². The van der Waals surface area contributed by atoms with E-state index in [0.717, 1.165) is 32.1 Å². The number of aliphatic hydroxyl groups is 2. The Balaban J connectivity index is -0.0000000630. The number of alkyl halides is 1. The van der Waals surface area contributed by atoms with E-state index in [2.05, 4.69) is 50.2 Å². The van der Waals surface area contributed by atoms with E-state index in [1.807, 2.05) is 0 Å². The first-order valence-electron chi connectivity index (χ1n) is 18.7. The van der Waals surface area contributed by atoms with Gasteiger partial charge in [0.25, 0.3) is 0 Å². The third-order valence-corrected chi connectivity index (χ3v) is 9.77. The predicted molar refractivity (Wildman–Crippen MR) is 317 cm³/mol. The number of halogens is 1. The Bertz CT molecular complexity index is 1340. The van der Waals surface area contributed by atoms with Crippen LogP contribution < -0.4 is 10.6 Å². The molecule has 2 saturated heterocycles. The van der Waals surface area contributed by atoms with Crippen molar-refractivity contribution in [2.24, 2.45) is 17.8 Å². The molecule has 17 nitrogen and oxygen atoms in total. The van der Waals surface area contributed by atoms with Crippen LogP contribution in [-0.4, -0.2) is 146 Å². The first kappa shape index (κ1) is 93.3. The number of rotatable bonds is 11. The van der Waals surface area contributed by atoms with Crippen molar-refractivity contribution in [3.05, 3.63) is 0 Å². The number of aliphatic hydroxyl groups excluding tert-OH is 2. The number of hydrogen-bond acceptors (Lipinski definition) is 12. The zero-order chi connectivity index (χ0) is 44.0. The maximum atomic E-state index is 10.6. The predicted octanol–water partition coefficient (Wildman–Crippen LogP) is 2.40.